The molecule has 0 saturated carbocycles. The first-order chi connectivity index (χ1) is 4.22. The van der Waals surface area contributed by atoms with E-state index in [0.29, 0.717) is 0 Å². The zero-order valence-electron chi connectivity index (χ0n) is 5.92. The topological polar surface area (TPSA) is 17.1 Å². The molecule has 9 heavy (non-hydrogen) atoms. The normalized spacial score (nSPS) is 13.6. The van der Waals surface area contributed by atoms with Crippen molar-refractivity contribution < 1.29 is 4.79 Å². The zero-order chi connectivity index (χ0) is 7.28. The van der Waals surface area contributed by atoms with Crippen molar-refractivity contribution in [2.45, 2.75) is 13.8 Å². The molecule has 0 N–H and O–H groups in total. The minimum atomic E-state index is -0.0406. The molecular weight excluding hydrogens is 112 g/mol. The smallest absolute Gasteiger partial charge is 0.161 e. The van der Waals surface area contributed by atoms with Crippen molar-refractivity contribution >= 4 is 5.78 Å². The molecule has 0 rings (SSSR count). The third-order valence-corrected chi connectivity index (χ3v) is 1.13. The second kappa shape index (κ2) is 4.07. The van der Waals surface area contributed by atoms with E-state index >= 15 is 0 Å². The molecule has 0 heterocycles. The van der Waals surface area contributed by atoms with E-state index in [2.05, 4.69) is 6.58 Å². The largest absolute Gasteiger partial charge is 0.294 e. The van der Waals surface area contributed by atoms with Crippen LogP contribution in [0.5, 0.6) is 0 Å². The molecule has 1 unspecified atom stereocenters. The van der Waals surface area contributed by atoms with Crippen molar-refractivity contribution in [1.29, 1.82) is 0 Å². The Morgan fingerprint density at radius 1 is 1.67 bits per heavy atom. The van der Waals surface area contributed by atoms with Gasteiger partial charge < -0.3 is 0 Å². The molecule has 0 aromatic rings. The maximum Gasteiger partial charge on any atom is 0.161 e. The summed E-state index contributed by atoms with van der Waals surface area (Å²) in [6.07, 6.45) is 4.94. The Kier molecular flexibility index (Phi) is 3.69. The van der Waals surface area contributed by atoms with Gasteiger partial charge in [-0.25, -0.2) is 0 Å². The minimum Gasteiger partial charge on any atom is -0.294 e. The third-order valence-electron chi connectivity index (χ3n) is 1.13. The summed E-state index contributed by atoms with van der Waals surface area (Å²) in [4.78, 5) is 10.8. The highest BCUT2D eigenvalue weighted by atomic mass is 16.1. The molecule has 0 aliphatic rings. The van der Waals surface area contributed by atoms with Gasteiger partial charge in [0.15, 0.2) is 5.78 Å². The van der Waals surface area contributed by atoms with Gasteiger partial charge >= 0.3 is 0 Å². The van der Waals surface area contributed by atoms with Crippen LogP contribution in [-0.2, 0) is 4.79 Å². The number of allylic oxidation sites excluding steroid dienone is 3. The van der Waals surface area contributed by atoms with Gasteiger partial charge in [-0.3, -0.25) is 4.79 Å². The average molecular weight is 124 g/mol. The van der Waals surface area contributed by atoms with Crippen LogP contribution in [0.1, 0.15) is 13.8 Å². The van der Waals surface area contributed by atoms with E-state index in [1.165, 1.54) is 0 Å². The Hall–Kier alpha value is -0.850. The van der Waals surface area contributed by atoms with E-state index in [0.717, 1.165) is 0 Å². The SMILES string of the molecule is C=CC(C)C(=O)C=CC. The molecule has 1 atom stereocenters. The van der Waals surface area contributed by atoms with Crippen LogP contribution >= 0.6 is 0 Å². The molecule has 0 bridgehead atoms. The van der Waals surface area contributed by atoms with Gasteiger partial charge in [0.05, 0.1) is 0 Å². The predicted octanol–water partition coefficient (Wildman–Crippen LogP) is 1.95. The summed E-state index contributed by atoms with van der Waals surface area (Å²) in [5.74, 6) is 0.0775. The van der Waals surface area contributed by atoms with Crippen LogP contribution in [-0.4, -0.2) is 5.78 Å². The summed E-state index contributed by atoms with van der Waals surface area (Å²) in [5, 5.41) is 0. The molecule has 0 aliphatic heterocycles. The lowest BCUT2D eigenvalue weighted by Gasteiger charge is -1.96. The Labute approximate surface area is 56.1 Å². The number of hydrogen-bond acceptors (Lipinski definition) is 1. The van der Waals surface area contributed by atoms with Crippen LogP contribution in [0.4, 0.5) is 0 Å². The van der Waals surface area contributed by atoms with Gasteiger partial charge in [-0.2, -0.15) is 0 Å². The first kappa shape index (κ1) is 8.15. The number of carbonyl (C=O) groups excluding carboxylic acids is 1. The first-order valence-corrected chi connectivity index (χ1v) is 3.01. The Balaban J connectivity index is 3.87. The Morgan fingerprint density at radius 3 is 2.56 bits per heavy atom. The van der Waals surface area contributed by atoms with Gasteiger partial charge in [0, 0.05) is 5.92 Å². The zero-order valence-corrected chi connectivity index (χ0v) is 5.92. The monoisotopic (exact) mass is 124 g/mol. The van der Waals surface area contributed by atoms with Gasteiger partial charge in [0.2, 0.25) is 0 Å². The van der Waals surface area contributed by atoms with Crippen molar-refractivity contribution in [3.8, 4) is 0 Å². The molecular formula is C8H12O. The predicted molar refractivity (Wildman–Crippen MR) is 39.2 cm³/mol. The quantitative estimate of drug-likeness (QED) is 0.415. The Bertz CT molecular complexity index is 134. The molecule has 0 aliphatic carbocycles. The van der Waals surface area contributed by atoms with E-state index in [-0.39, 0.29) is 11.7 Å². The molecule has 0 saturated heterocycles. The van der Waals surface area contributed by atoms with Crippen LogP contribution in [0.25, 0.3) is 0 Å². The number of ketones is 1. The van der Waals surface area contributed by atoms with Crippen LogP contribution in [0.2, 0.25) is 0 Å². The number of rotatable bonds is 3. The van der Waals surface area contributed by atoms with E-state index < -0.39 is 0 Å². The molecule has 0 radical (unpaired) electrons. The van der Waals surface area contributed by atoms with E-state index in [4.69, 9.17) is 0 Å². The maximum absolute atomic E-state index is 10.8. The van der Waals surface area contributed by atoms with Crippen molar-refractivity contribution in [3.05, 3.63) is 24.8 Å². The fourth-order valence-electron chi connectivity index (χ4n) is 0.432. The first-order valence-electron chi connectivity index (χ1n) is 3.01. The summed E-state index contributed by atoms with van der Waals surface area (Å²) in [6.45, 7) is 7.16. The van der Waals surface area contributed by atoms with Gasteiger partial charge in [-0.05, 0) is 13.0 Å². The van der Waals surface area contributed by atoms with Crippen molar-refractivity contribution in [2.24, 2.45) is 5.92 Å². The fraction of sp³-hybridized carbons (Fsp3) is 0.375. The summed E-state index contributed by atoms with van der Waals surface area (Å²) < 4.78 is 0. The summed E-state index contributed by atoms with van der Waals surface area (Å²) in [6, 6.07) is 0. The fourth-order valence-corrected chi connectivity index (χ4v) is 0.432. The van der Waals surface area contributed by atoms with Gasteiger partial charge in [-0.15, -0.1) is 6.58 Å². The highest BCUT2D eigenvalue weighted by Crippen LogP contribution is 1.97. The summed E-state index contributed by atoms with van der Waals surface area (Å²) in [5.41, 5.74) is 0. The van der Waals surface area contributed by atoms with Gasteiger partial charge in [-0.1, -0.05) is 19.1 Å². The van der Waals surface area contributed by atoms with E-state index in [9.17, 15) is 4.79 Å². The highest BCUT2D eigenvalue weighted by molar-refractivity contribution is 5.92. The lowest BCUT2D eigenvalue weighted by molar-refractivity contribution is -0.116. The van der Waals surface area contributed by atoms with Crippen LogP contribution in [0.3, 0.4) is 0 Å². The second-order valence-electron chi connectivity index (χ2n) is 1.93. The molecule has 0 spiro atoms. The molecule has 50 valence electrons. The summed E-state index contributed by atoms with van der Waals surface area (Å²) in [7, 11) is 0. The molecule has 0 fully saturated rings. The van der Waals surface area contributed by atoms with Crippen molar-refractivity contribution in [2.75, 3.05) is 0 Å². The van der Waals surface area contributed by atoms with Gasteiger partial charge in [0.1, 0.15) is 0 Å². The molecule has 1 heteroatoms. The maximum atomic E-state index is 10.8. The minimum absolute atomic E-state index is 0.0406. The Morgan fingerprint density at radius 2 is 2.22 bits per heavy atom. The lowest BCUT2D eigenvalue weighted by atomic mass is 10.1. The third kappa shape index (κ3) is 2.85. The molecule has 1 nitrogen and oxygen atoms in total. The molecule has 0 aromatic carbocycles. The van der Waals surface area contributed by atoms with E-state index in [1.54, 1.807) is 18.2 Å². The van der Waals surface area contributed by atoms with Gasteiger partial charge in [0.25, 0.3) is 0 Å². The lowest BCUT2D eigenvalue weighted by Crippen LogP contribution is -2.02. The van der Waals surface area contributed by atoms with Crippen molar-refractivity contribution in [1.82, 2.24) is 0 Å². The van der Waals surface area contributed by atoms with Crippen molar-refractivity contribution in [3.63, 3.8) is 0 Å². The summed E-state index contributed by atoms with van der Waals surface area (Å²) >= 11 is 0. The van der Waals surface area contributed by atoms with Crippen LogP contribution < -0.4 is 0 Å². The molecule has 0 aromatic heterocycles. The highest BCUT2D eigenvalue weighted by Gasteiger charge is 2.01. The van der Waals surface area contributed by atoms with Crippen LogP contribution in [0.15, 0.2) is 24.8 Å². The second-order valence-corrected chi connectivity index (χ2v) is 1.93. The number of hydrogen-bond donors (Lipinski definition) is 0. The number of carbonyl (C=O) groups is 1. The van der Waals surface area contributed by atoms with Crippen LogP contribution in [0, 0.1) is 5.92 Å². The van der Waals surface area contributed by atoms with E-state index in [1.807, 2.05) is 13.8 Å². The standard InChI is InChI=1S/C8H12O/c1-4-6-8(9)7(3)5-2/h4-7H,2H2,1,3H3. The average Bonchev–Trinajstić information content (AvgIpc) is 1.87. The molecule has 0 amide bonds.